The van der Waals surface area contributed by atoms with E-state index in [1.165, 1.54) is 0 Å². The Kier molecular flexibility index (Phi) is 4.18. The van der Waals surface area contributed by atoms with Crippen molar-refractivity contribution < 1.29 is 49.4 Å². The van der Waals surface area contributed by atoms with Gasteiger partial charge in [-0.1, -0.05) is 0 Å². The molecule has 0 saturated carbocycles. The number of nitrogens with one attached hydrogen (secondary N) is 1. The molecule has 0 aromatic carbocycles. The van der Waals surface area contributed by atoms with E-state index in [0.717, 1.165) is 5.82 Å². The monoisotopic (exact) mass is 235 g/mol. The summed E-state index contributed by atoms with van der Waals surface area (Å²) in [6.07, 6.45) is 3.53. The van der Waals surface area contributed by atoms with Crippen LogP contribution >= 0.6 is 0 Å². The Labute approximate surface area is 83.3 Å². The molecule has 0 fully saturated rings. The van der Waals surface area contributed by atoms with Gasteiger partial charge in [-0.05, 0) is 6.92 Å². The summed E-state index contributed by atoms with van der Waals surface area (Å²) in [4.78, 5) is 6.75. The number of aromatic amines is 1. The van der Waals surface area contributed by atoms with Crippen molar-refractivity contribution in [3.63, 3.8) is 0 Å². The summed E-state index contributed by atoms with van der Waals surface area (Å²) < 4.78 is 0. The normalized spacial score (nSPS) is 7.57. The summed E-state index contributed by atoms with van der Waals surface area (Å²) >= 11 is 0. The van der Waals surface area contributed by atoms with Crippen molar-refractivity contribution in [3.8, 4) is 0 Å². The largest absolute Gasteiger partial charge is 0.349 e. The van der Waals surface area contributed by atoms with E-state index in [-0.39, 0.29) is 49.4 Å². The number of aromatic nitrogens is 2. The number of H-pyrrole nitrogens is 1. The van der Waals surface area contributed by atoms with Gasteiger partial charge in [-0.3, -0.25) is 0 Å². The van der Waals surface area contributed by atoms with E-state index in [1.807, 2.05) is 6.92 Å². The van der Waals surface area contributed by atoms with E-state index in [2.05, 4.69) is 9.97 Å². The first-order valence-electron chi connectivity index (χ1n) is 1.85. The smallest absolute Gasteiger partial charge is 0.102 e. The van der Waals surface area contributed by atoms with Gasteiger partial charge in [0.15, 0.2) is 0 Å². The van der Waals surface area contributed by atoms with E-state index < -0.39 is 0 Å². The van der Waals surface area contributed by atoms with Crippen molar-refractivity contribution in [1.29, 1.82) is 0 Å². The molecular formula is C4H6EuN2. The maximum absolute atomic E-state index is 3.86. The van der Waals surface area contributed by atoms with Crippen LogP contribution in [0.25, 0.3) is 0 Å². The second kappa shape index (κ2) is 3.75. The molecule has 0 unspecified atom stereocenters. The van der Waals surface area contributed by atoms with Crippen molar-refractivity contribution >= 4 is 0 Å². The van der Waals surface area contributed by atoms with Gasteiger partial charge in [0.05, 0.1) is 0 Å². The summed E-state index contributed by atoms with van der Waals surface area (Å²) in [5.41, 5.74) is 0. The molecule has 0 bridgehead atoms. The number of hydrogen-bond acceptors (Lipinski definition) is 1. The third-order valence-corrected chi connectivity index (χ3v) is 0.635. The number of aryl methyl sites for hydroxylation is 1. The maximum atomic E-state index is 3.86. The van der Waals surface area contributed by atoms with Crippen molar-refractivity contribution in [2.75, 3.05) is 0 Å². The second-order valence-corrected chi connectivity index (χ2v) is 1.17. The van der Waals surface area contributed by atoms with Crippen LogP contribution in [-0.2, 0) is 0 Å². The summed E-state index contributed by atoms with van der Waals surface area (Å²) in [6, 6.07) is 0. The number of imidazole rings is 1. The first kappa shape index (κ1) is 7.79. The minimum Gasteiger partial charge on any atom is -0.349 e. The van der Waals surface area contributed by atoms with Gasteiger partial charge < -0.3 is 4.98 Å². The quantitative estimate of drug-likeness (QED) is 0.703. The van der Waals surface area contributed by atoms with Crippen molar-refractivity contribution in [2.45, 2.75) is 6.92 Å². The first-order chi connectivity index (χ1) is 2.89. The molecule has 1 heterocycles. The molecule has 0 amide bonds. The topological polar surface area (TPSA) is 28.7 Å². The van der Waals surface area contributed by atoms with Gasteiger partial charge in [0.2, 0.25) is 0 Å². The zero-order chi connectivity index (χ0) is 4.41. The Morgan fingerprint density at radius 1 is 1.71 bits per heavy atom. The van der Waals surface area contributed by atoms with E-state index >= 15 is 0 Å². The van der Waals surface area contributed by atoms with Crippen LogP contribution in [0.3, 0.4) is 0 Å². The summed E-state index contributed by atoms with van der Waals surface area (Å²) in [7, 11) is 0. The van der Waals surface area contributed by atoms with Gasteiger partial charge in [-0.2, -0.15) is 0 Å². The predicted molar refractivity (Wildman–Crippen MR) is 23.3 cm³/mol. The molecule has 0 aliphatic rings. The molecule has 0 spiro atoms. The molecule has 1 radical (unpaired) electrons. The van der Waals surface area contributed by atoms with Gasteiger partial charge in [0.1, 0.15) is 5.82 Å². The van der Waals surface area contributed by atoms with Gasteiger partial charge in [0.25, 0.3) is 0 Å². The Bertz CT molecular complexity index is 113. The van der Waals surface area contributed by atoms with Crippen molar-refractivity contribution in [3.05, 3.63) is 18.2 Å². The van der Waals surface area contributed by atoms with Gasteiger partial charge in [0, 0.05) is 61.8 Å². The molecule has 1 aromatic rings. The average molecular weight is 234 g/mol. The van der Waals surface area contributed by atoms with E-state index in [1.54, 1.807) is 12.4 Å². The van der Waals surface area contributed by atoms with Gasteiger partial charge in [-0.25, -0.2) is 4.98 Å². The SMILES string of the molecule is Cc1ncc[nH]1.[Eu]. The van der Waals surface area contributed by atoms with Crippen LogP contribution in [0.4, 0.5) is 0 Å². The summed E-state index contributed by atoms with van der Waals surface area (Å²) in [6.45, 7) is 1.92. The molecule has 1 N–H and O–H groups in total. The fraction of sp³-hybridized carbons (Fsp3) is 0.250. The zero-order valence-electron chi connectivity index (χ0n) is 3.98. The van der Waals surface area contributed by atoms with Crippen LogP contribution in [0.15, 0.2) is 12.4 Å². The molecular weight excluding hydrogens is 228 g/mol. The van der Waals surface area contributed by atoms with Crippen LogP contribution in [0.2, 0.25) is 0 Å². The number of nitrogens with zero attached hydrogens (tertiary/aromatic N) is 1. The molecule has 0 atom stereocenters. The summed E-state index contributed by atoms with van der Waals surface area (Å²) in [5, 5.41) is 0. The third kappa shape index (κ3) is 2.57. The molecule has 1 rings (SSSR count). The molecule has 3 heteroatoms. The number of rotatable bonds is 0. The van der Waals surface area contributed by atoms with Gasteiger partial charge in [-0.15, -0.1) is 0 Å². The first-order valence-corrected chi connectivity index (χ1v) is 1.85. The van der Waals surface area contributed by atoms with Crippen LogP contribution in [0, 0.1) is 56.3 Å². The zero-order valence-corrected chi connectivity index (χ0v) is 6.40. The van der Waals surface area contributed by atoms with Crippen LogP contribution in [0.1, 0.15) is 5.82 Å². The fourth-order valence-corrected chi connectivity index (χ4v) is 0.344. The fourth-order valence-electron chi connectivity index (χ4n) is 0.344. The van der Waals surface area contributed by atoms with E-state index in [4.69, 9.17) is 0 Å². The minimum atomic E-state index is 0. The minimum absolute atomic E-state index is 0. The second-order valence-electron chi connectivity index (χ2n) is 1.17. The molecule has 0 aliphatic heterocycles. The maximum Gasteiger partial charge on any atom is 0.102 e. The van der Waals surface area contributed by atoms with Crippen molar-refractivity contribution in [2.24, 2.45) is 0 Å². The van der Waals surface area contributed by atoms with Gasteiger partial charge >= 0.3 is 0 Å². The van der Waals surface area contributed by atoms with E-state index in [0.29, 0.717) is 0 Å². The van der Waals surface area contributed by atoms with Crippen LogP contribution in [0.5, 0.6) is 0 Å². The summed E-state index contributed by atoms with van der Waals surface area (Å²) in [5.74, 6) is 0.968. The standard InChI is InChI=1S/C4H6N2.Eu/c1-4-5-2-3-6-4;/h2-3H,1H3,(H,5,6);. The Balaban J connectivity index is 0.000000360. The molecule has 2 nitrogen and oxygen atoms in total. The Morgan fingerprint density at radius 2 is 2.43 bits per heavy atom. The van der Waals surface area contributed by atoms with E-state index in [9.17, 15) is 0 Å². The molecule has 0 saturated heterocycles. The number of hydrogen-bond donors (Lipinski definition) is 1. The van der Waals surface area contributed by atoms with Crippen molar-refractivity contribution in [1.82, 2.24) is 9.97 Å². The molecule has 0 aliphatic carbocycles. The Hall–Kier alpha value is 0.794. The molecule has 1 aromatic heterocycles. The predicted octanol–water partition coefficient (Wildman–Crippen LogP) is 0.718. The third-order valence-electron chi connectivity index (χ3n) is 0.635. The van der Waals surface area contributed by atoms with Crippen LogP contribution in [-0.4, -0.2) is 9.97 Å². The van der Waals surface area contributed by atoms with Crippen LogP contribution < -0.4 is 0 Å². The molecule has 7 heavy (non-hydrogen) atoms. The average Bonchev–Trinajstić information content (AvgIpc) is 1.86. The Morgan fingerprint density at radius 3 is 2.57 bits per heavy atom. The molecule has 39 valence electrons.